The van der Waals surface area contributed by atoms with Crippen molar-refractivity contribution in [3.8, 4) is 0 Å². The highest BCUT2D eigenvalue weighted by Crippen LogP contribution is 2.27. The number of fused-ring (bicyclic) bond motifs is 1. The number of hydrogen-bond acceptors (Lipinski definition) is 4. The summed E-state index contributed by atoms with van der Waals surface area (Å²) in [7, 11) is 0. The summed E-state index contributed by atoms with van der Waals surface area (Å²) in [5.41, 5.74) is 1.04. The second kappa shape index (κ2) is 9.24. The molecule has 8 heteroatoms. The van der Waals surface area contributed by atoms with Crippen molar-refractivity contribution in [2.24, 2.45) is 0 Å². The summed E-state index contributed by atoms with van der Waals surface area (Å²) in [4.78, 5) is 34.3. The molecule has 0 saturated carbocycles. The lowest BCUT2D eigenvalue weighted by Crippen LogP contribution is -2.43. The molecule has 1 aromatic carbocycles. The Kier molecular flexibility index (Phi) is 6.43. The Morgan fingerprint density at radius 1 is 1.32 bits per heavy atom. The number of rotatable bonds is 6. The molecule has 2 aromatic rings. The SMILES string of the molecule is CCC1CN(C(=O)/C=C/C(C)N2CCC2)Cc2ncc(C(=O)Nc3ccccc3Cl)n21. The molecule has 2 aliphatic rings. The van der Waals surface area contributed by atoms with Crippen LogP contribution in [0.25, 0.3) is 0 Å². The monoisotopic (exact) mass is 441 g/mol. The quantitative estimate of drug-likeness (QED) is 0.693. The maximum absolute atomic E-state index is 12.9. The number of anilines is 1. The van der Waals surface area contributed by atoms with E-state index < -0.39 is 0 Å². The third kappa shape index (κ3) is 4.52. The van der Waals surface area contributed by atoms with Gasteiger partial charge in [-0.2, -0.15) is 0 Å². The molecule has 1 N–H and O–H groups in total. The van der Waals surface area contributed by atoms with Gasteiger partial charge < -0.3 is 14.8 Å². The number of nitrogens with one attached hydrogen (secondary N) is 1. The van der Waals surface area contributed by atoms with E-state index in [4.69, 9.17) is 11.6 Å². The molecule has 3 heterocycles. The lowest BCUT2D eigenvalue weighted by atomic mass is 10.1. The van der Waals surface area contributed by atoms with Crippen molar-refractivity contribution in [1.82, 2.24) is 19.4 Å². The van der Waals surface area contributed by atoms with Crippen LogP contribution in [0.1, 0.15) is 49.0 Å². The summed E-state index contributed by atoms with van der Waals surface area (Å²) in [5.74, 6) is 0.454. The van der Waals surface area contributed by atoms with Crippen LogP contribution in [0.2, 0.25) is 5.02 Å². The summed E-state index contributed by atoms with van der Waals surface area (Å²) in [6.07, 6.45) is 7.25. The van der Waals surface area contributed by atoms with E-state index in [1.54, 1.807) is 24.4 Å². The number of aromatic nitrogens is 2. The van der Waals surface area contributed by atoms with Gasteiger partial charge in [-0.25, -0.2) is 4.98 Å². The summed E-state index contributed by atoms with van der Waals surface area (Å²) in [6.45, 7) is 7.30. The number of nitrogens with zero attached hydrogens (tertiary/aromatic N) is 4. The van der Waals surface area contributed by atoms with Crippen molar-refractivity contribution >= 4 is 29.1 Å². The van der Waals surface area contributed by atoms with Gasteiger partial charge in [0.25, 0.3) is 5.91 Å². The van der Waals surface area contributed by atoms with Crippen LogP contribution in [0.4, 0.5) is 5.69 Å². The first-order valence-corrected chi connectivity index (χ1v) is 11.2. The highest BCUT2D eigenvalue weighted by Gasteiger charge is 2.31. The van der Waals surface area contributed by atoms with Crippen LogP contribution in [-0.2, 0) is 11.3 Å². The zero-order valence-electron chi connectivity index (χ0n) is 17.9. The Hall–Kier alpha value is -2.64. The summed E-state index contributed by atoms with van der Waals surface area (Å²) in [5, 5.41) is 3.35. The lowest BCUT2D eigenvalue weighted by Gasteiger charge is -2.35. The first kappa shape index (κ1) is 21.6. The van der Waals surface area contributed by atoms with E-state index in [-0.39, 0.29) is 23.9 Å². The highest BCUT2D eigenvalue weighted by atomic mass is 35.5. The molecule has 1 fully saturated rings. The fourth-order valence-electron chi connectivity index (χ4n) is 4.09. The second-order valence-corrected chi connectivity index (χ2v) is 8.54. The summed E-state index contributed by atoms with van der Waals surface area (Å²) >= 11 is 6.18. The van der Waals surface area contributed by atoms with Crippen LogP contribution in [0.15, 0.2) is 42.6 Å². The minimum absolute atomic E-state index is 0.0107. The van der Waals surface area contributed by atoms with Gasteiger partial charge >= 0.3 is 0 Å². The van der Waals surface area contributed by atoms with Gasteiger partial charge in [0.2, 0.25) is 5.91 Å². The molecule has 4 rings (SSSR count). The minimum atomic E-state index is -0.256. The molecule has 31 heavy (non-hydrogen) atoms. The first-order valence-electron chi connectivity index (χ1n) is 10.8. The van der Waals surface area contributed by atoms with Gasteiger partial charge in [-0.3, -0.25) is 14.5 Å². The molecule has 2 unspecified atom stereocenters. The Balaban J connectivity index is 1.49. The number of benzene rings is 1. The maximum atomic E-state index is 12.9. The van der Waals surface area contributed by atoms with Crippen molar-refractivity contribution in [1.29, 1.82) is 0 Å². The largest absolute Gasteiger partial charge is 0.330 e. The molecule has 7 nitrogen and oxygen atoms in total. The average Bonchev–Trinajstić information content (AvgIpc) is 3.16. The normalized spacial score (nSPS) is 19.7. The molecule has 2 aliphatic heterocycles. The fourth-order valence-corrected chi connectivity index (χ4v) is 4.27. The number of amides is 2. The van der Waals surface area contributed by atoms with Crippen LogP contribution in [0, 0.1) is 0 Å². The first-order chi connectivity index (χ1) is 15.0. The van der Waals surface area contributed by atoms with Gasteiger partial charge in [0, 0.05) is 18.7 Å². The van der Waals surface area contributed by atoms with Crippen LogP contribution in [0.3, 0.4) is 0 Å². The van der Waals surface area contributed by atoms with Crippen molar-refractivity contribution in [3.63, 3.8) is 0 Å². The fraction of sp³-hybridized carbons (Fsp3) is 0.435. The van der Waals surface area contributed by atoms with E-state index in [0.717, 1.165) is 25.3 Å². The Morgan fingerprint density at radius 3 is 2.77 bits per heavy atom. The smallest absolute Gasteiger partial charge is 0.273 e. The Morgan fingerprint density at radius 2 is 2.10 bits per heavy atom. The molecule has 0 bridgehead atoms. The zero-order valence-corrected chi connectivity index (χ0v) is 18.7. The third-order valence-corrected chi connectivity index (χ3v) is 6.45. The van der Waals surface area contributed by atoms with Crippen molar-refractivity contribution in [2.45, 2.75) is 45.3 Å². The van der Waals surface area contributed by atoms with E-state index in [0.29, 0.717) is 29.5 Å². The van der Waals surface area contributed by atoms with E-state index in [2.05, 4.69) is 29.0 Å². The zero-order chi connectivity index (χ0) is 22.0. The van der Waals surface area contributed by atoms with Gasteiger partial charge in [-0.1, -0.05) is 36.7 Å². The van der Waals surface area contributed by atoms with Crippen LogP contribution in [-0.4, -0.2) is 56.8 Å². The highest BCUT2D eigenvalue weighted by molar-refractivity contribution is 6.33. The van der Waals surface area contributed by atoms with Crippen molar-refractivity contribution < 1.29 is 9.59 Å². The number of para-hydroxylation sites is 1. The van der Waals surface area contributed by atoms with E-state index in [1.165, 1.54) is 6.42 Å². The molecule has 164 valence electrons. The standard InChI is InChI=1S/C23H28ClN5O2/c1-3-17-14-28(22(30)10-9-16(2)27-11-6-12-27)15-21-25-13-20(29(17)21)23(31)26-19-8-5-4-7-18(19)24/h4-5,7-10,13,16-17H,3,6,11-12,14-15H2,1-2H3,(H,26,31)/b10-9+. The number of likely N-dealkylation sites (tertiary alicyclic amines) is 1. The Bertz CT molecular complexity index is 998. The van der Waals surface area contributed by atoms with E-state index in [9.17, 15) is 9.59 Å². The minimum Gasteiger partial charge on any atom is -0.330 e. The predicted molar refractivity (Wildman–Crippen MR) is 121 cm³/mol. The number of imidazole rings is 1. The molecule has 0 spiro atoms. The van der Waals surface area contributed by atoms with Crippen LogP contribution < -0.4 is 5.32 Å². The maximum Gasteiger partial charge on any atom is 0.273 e. The molecular weight excluding hydrogens is 414 g/mol. The van der Waals surface area contributed by atoms with Gasteiger partial charge in [0.1, 0.15) is 11.5 Å². The number of halogens is 1. The third-order valence-electron chi connectivity index (χ3n) is 6.12. The molecule has 2 amide bonds. The van der Waals surface area contributed by atoms with Gasteiger partial charge in [-0.15, -0.1) is 0 Å². The molecular formula is C23H28ClN5O2. The summed E-state index contributed by atoms with van der Waals surface area (Å²) < 4.78 is 1.96. The van der Waals surface area contributed by atoms with Crippen LogP contribution in [0.5, 0.6) is 0 Å². The van der Waals surface area contributed by atoms with Crippen molar-refractivity contribution in [2.75, 3.05) is 25.0 Å². The number of carbonyl (C=O) groups excluding carboxylic acids is 2. The van der Waals surface area contributed by atoms with E-state index in [1.807, 2.05) is 27.7 Å². The topological polar surface area (TPSA) is 70.5 Å². The molecule has 0 radical (unpaired) electrons. The summed E-state index contributed by atoms with van der Waals surface area (Å²) in [6, 6.07) is 7.39. The van der Waals surface area contributed by atoms with Crippen molar-refractivity contribution in [3.05, 3.63) is 59.2 Å². The lowest BCUT2D eigenvalue weighted by molar-refractivity contribution is -0.128. The second-order valence-electron chi connectivity index (χ2n) is 8.13. The molecule has 2 atom stereocenters. The van der Waals surface area contributed by atoms with Gasteiger partial charge in [-0.05, 0) is 45.0 Å². The van der Waals surface area contributed by atoms with Gasteiger partial charge in [0.15, 0.2) is 0 Å². The van der Waals surface area contributed by atoms with Gasteiger partial charge in [0.05, 0.1) is 29.5 Å². The van der Waals surface area contributed by atoms with Crippen LogP contribution >= 0.6 is 11.6 Å². The average molecular weight is 442 g/mol. The molecule has 1 saturated heterocycles. The number of hydrogen-bond donors (Lipinski definition) is 1. The predicted octanol–water partition coefficient (Wildman–Crippen LogP) is 3.73. The number of carbonyl (C=O) groups is 2. The van der Waals surface area contributed by atoms with E-state index >= 15 is 0 Å². The molecule has 1 aromatic heterocycles. The Labute approximate surface area is 187 Å². The molecule has 0 aliphatic carbocycles.